The summed E-state index contributed by atoms with van der Waals surface area (Å²) in [6.45, 7) is 0.682. The maximum Gasteiger partial charge on any atom is 0.223 e. The molecule has 2 heterocycles. The van der Waals surface area contributed by atoms with E-state index in [-0.39, 0.29) is 36.4 Å². The van der Waals surface area contributed by atoms with Gasteiger partial charge in [0.1, 0.15) is 5.82 Å². The molecule has 0 bridgehead atoms. The van der Waals surface area contributed by atoms with Gasteiger partial charge in [0, 0.05) is 32.6 Å². The molecule has 0 radical (unpaired) electrons. The van der Waals surface area contributed by atoms with Gasteiger partial charge < -0.3 is 4.90 Å². The molecule has 132 valence electrons. The van der Waals surface area contributed by atoms with Crippen LogP contribution in [-0.2, 0) is 11.8 Å². The Morgan fingerprint density at radius 1 is 1.20 bits per heavy atom. The van der Waals surface area contributed by atoms with Crippen LogP contribution in [-0.4, -0.2) is 32.9 Å². The molecule has 1 saturated heterocycles. The third-order valence-electron chi connectivity index (χ3n) is 4.67. The van der Waals surface area contributed by atoms with Gasteiger partial charge in [-0.3, -0.25) is 14.3 Å². The predicted molar refractivity (Wildman–Crippen MR) is 91.5 cm³/mol. The number of carbonyl (C=O) groups excluding carboxylic acids is 2. The average molecular weight is 343 g/mol. The minimum atomic E-state index is -0.278. The van der Waals surface area contributed by atoms with Crippen molar-refractivity contribution >= 4 is 11.7 Å². The molecule has 1 amide bonds. The first-order chi connectivity index (χ1) is 12.0. The molecule has 1 fully saturated rings. The quantitative estimate of drug-likeness (QED) is 0.783. The van der Waals surface area contributed by atoms with Crippen LogP contribution in [0.4, 0.5) is 4.39 Å². The number of amides is 1. The highest BCUT2D eigenvalue weighted by molar-refractivity contribution is 5.97. The van der Waals surface area contributed by atoms with Crippen LogP contribution in [0.25, 0.3) is 0 Å². The van der Waals surface area contributed by atoms with E-state index in [1.54, 1.807) is 30.1 Å². The summed E-state index contributed by atoms with van der Waals surface area (Å²) in [5.74, 6) is -0.373. The van der Waals surface area contributed by atoms with E-state index >= 15 is 0 Å². The second-order valence-corrected chi connectivity index (χ2v) is 6.48. The molecule has 0 aliphatic carbocycles. The lowest BCUT2D eigenvalue weighted by atomic mass is 9.94. The minimum Gasteiger partial charge on any atom is -0.336 e. The van der Waals surface area contributed by atoms with Gasteiger partial charge in [0.05, 0.1) is 17.8 Å². The lowest BCUT2D eigenvalue weighted by Crippen LogP contribution is -2.38. The zero-order chi connectivity index (χ0) is 17.8. The van der Waals surface area contributed by atoms with Crippen LogP contribution >= 0.6 is 0 Å². The van der Waals surface area contributed by atoms with Gasteiger partial charge in [-0.05, 0) is 37.0 Å². The monoisotopic (exact) mass is 343 g/mol. The van der Waals surface area contributed by atoms with Crippen molar-refractivity contribution in [2.75, 3.05) is 6.54 Å². The van der Waals surface area contributed by atoms with Crippen molar-refractivity contribution in [3.8, 4) is 0 Å². The van der Waals surface area contributed by atoms with Gasteiger partial charge in [0.25, 0.3) is 0 Å². The van der Waals surface area contributed by atoms with Crippen LogP contribution < -0.4 is 0 Å². The van der Waals surface area contributed by atoms with Gasteiger partial charge >= 0.3 is 0 Å². The Morgan fingerprint density at radius 2 is 1.96 bits per heavy atom. The number of aryl methyl sites for hydroxylation is 1. The first-order valence-electron chi connectivity index (χ1n) is 8.61. The molecule has 1 aromatic carbocycles. The summed E-state index contributed by atoms with van der Waals surface area (Å²) in [5, 5.41) is 3.98. The molecule has 1 aliphatic heterocycles. The molecular formula is C19H22FN3O2. The number of carbonyl (C=O) groups is 2. The van der Waals surface area contributed by atoms with Crippen molar-refractivity contribution in [1.82, 2.24) is 14.7 Å². The number of hydrogen-bond donors (Lipinski definition) is 0. The second kappa shape index (κ2) is 7.59. The van der Waals surface area contributed by atoms with Crippen molar-refractivity contribution in [2.24, 2.45) is 7.05 Å². The molecule has 1 aromatic heterocycles. The summed E-state index contributed by atoms with van der Waals surface area (Å²) in [5.41, 5.74) is 1.48. The number of hydrogen-bond acceptors (Lipinski definition) is 3. The van der Waals surface area contributed by atoms with Crippen molar-refractivity contribution < 1.29 is 14.0 Å². The topological polar surface area (TPSA) is 55.2 Å². The van der Waals surface area contributed by atoms with Gasteiger partial charge in [-0.2, -0.15) is 5.10 Å². The Balaban J connectivity index is 1.64. The van der Waals surface area contributed by atoms with Gasteiger partial charge in [-0.25, -0.2) is 4.39 Å². The molecule has 5 nitrogen and oxygen atoms in total. The summed E-state index contributed by atoms with van der Waals surface area (Å²) in [7, 11) is 1.75. The lowest BCUT2D eigenvalue weighted by molar-refractivity contribution is -0.135. The van der Waals surface area contributed by atoms with E-state index in [0.717, 1.165) is 24.8 Å². The third-order valence-corrected chi connectivity index (χ3v) is 4.67. The number of aromatic nitrogens is 2. The van der Waals surface area contributed by atoms with Crippen molar-refractivity contribution in [1.29, 1.82) is 0 Å². The number of rotatable bonds is 5. The van der Waals surface area contributed by atoms with Gasteiger partial charge in [-0.1, -0.05) is 12.1 Å². The molecule has 6 heteroatoms. The predicted octanol–water partition coefficient (Wildman–Crippen LogP) is 3.28. The molecule has 0 spiro atoms. The molecule has 1 unspecified atom stereocenters. The summed E-state index contributed by atoms with van der Waals surface area (Å²) in [6, 6.07) is 6.31. The molecule has 2 aromatic rings. The Hall–Kier alpha value is -2.50. The number of Topliss-reactive ketones (excluding diaryl/α,β-unsaturated/α-hetero) is 1. The molecular weight excluding hydrogens is 321 g/mol. The molecule has 25 heavy (non-hydrogen) atoms. The molecule has 1 aliphatic rings. The average Bonchev–Trinajstić information content (AvgIpc) is 3.06. The zero-order valence-corrected chi connectivity index (χ0v) is 14.3. The first kappa shape index (κ1) is 17.3. The van der Waals surface area contributed by atoms with Crippen molar-refractivity contribution in [3.63, 3.8) is 0 Å². The number of piperidine rings is 1. The van der Waals surface area contributed by atoms with Crippen molar-refractivity contribution in [2.45, 2.75) is 38.1 Å². The highest BCUT2D eigenvalue weighted by Crippen LogP contribution is 2.31. The summed E-state index contributed by atoms with van der Waals surface area (Å²) < 4.78 is 14.7. The van der Waals surface area contributed by atoms with Crippen LogP contribution in [0.2, 0.25) is 0 Å². The Labute approximate surface area is 146 Å². The fraction of sp³-hybridized carbons (Fsp3) is 0.421. The molecule has 0 saturated carbocycles. The fourth-order valence-corrected chi connectivity index (χ4v) is 3.34. The minimum absolute atomic E-state index is 0.0220. The van der Waals surface area contributed by atoms with Crippen LogP contribution in [0.3, 0.4) is 0 Å². The lowest BCUT2D eigenvalue weighted by Gasteiger charge is -2.36. The number of ketones is 1. The smallest absolute Gasteiger partial charge is 0.223 e. The number of likely N-dealkylation sites (tertiary alicyclic amines) is 1. The Kier molecular flexibility index (Phi) is 5.26. The number of nitrogens with zero attached hydrogens (tertiary/aromatic N) is 3. The van der Waals surface area contributed by atoms with Crippen LogP contribution in [0.15, 0.2) is 36.7 Å². The van der Waals surface area contributed by atoms with E-state index in [9.17, 15) is 14.0 Å². The maximum absolute atomic E-state index is 13.2. The Morgan fingerprint density at radius 3 is 2.64 bits per heavy atom. The van der Waals surface area contributed by atoms with E-state index in [1.165, 1.54) is 18.3 Å². The number of halogens is 1. The van der Waals surface area contributed by atoms with Gasteiger partial charge in [0.15, 0.2) is 5.78 Å². The highest BCUT2D eigenvalue weighted by atomic mass is 19.1. The van der Waals surface area contributed by atoms with Crippen LogP contribution in [0, 0.1) is 5.82 Å². The standard InChI is InChI=1S/C19H22FN3O2/c1-22-13-15(12-21-22)18(24)9-10-19(25)23-11-3-2-4-17(23)14-5-7-16(20)8-6-14/h5-8,12-13,17H,2-4,9-11H2,1H3. The zero-order valence-electron chi connectivity index (χ0n) is 14.3. The normalized spacial score (nSPS) is 17.5. The van der Waals surface area contributed by atoms with Crippen LogP contribution in [0.1, 0.15) is 54.1 Å². The van der Waals surface area contributed by atoms with Gasteiger partial charge in [-0.15, -0.1) is 0 Å². The molecule has 0 N–H and O–H groups in total. The Bertz CT molecular complexity index is 754. The summed E-state index contributed by atoms with van der Waals surface area (Å²) in [6.07, 6.45) is 6.42. The van der Waals surface area contributed by atoms with Gasteiger partial charge in [0.2, 0.25) is 5.91 Å². The van der Waals surface area contributed by atoms with E-state index in [0.29, 0.717) is 12.1 Å². The summed E-state index contributed by atoms with van der Waals surface area (Å²) in [4.78, 5) is 26.7. The van der Waals surface area contributed by atoms with Crippen molar-refractivity contribution in [3.05, 3.63) is 53.6 Å². The molecule has 3 rings (SSSR count). The van der Waals surface area contributed by atoms with Crippen LogP contribution in [0.5, 0.6) is 0 Å². The summed E-state index contributed by atoms with van der Waals surface area (Å²) >= 11 is 0. The highest BCUT2D eigenvalue weighted by Gasteiger charge is 2.28. The van der Waals surface area contributed by atoms with E-state index in [4.69, 9.17) is 0 Å². The first-order valence-corrected chi connectivity index (χ1v) is 8.61. The molecule has 1 atom stereocenters. The largest absolute Gasteiger partial charge is 0.336 e. The third kappa shape index (κ3) is 4.13. The van der Waals surface area contributed by atoms with E-state index in [2.05, 4.69) is 5.10 Å². The fourth-order valence-electron chi connectivity index (χ4n) is 3.34. The second-order valence-electron chi connectivity index (χ2n) is 6.48. The maximum atomic E-state index is 13.2. The SMILES string of the molecule is Cn1cc(C(=O)CCC(=O)N2CCCCC2c2ccc(F)cc2)cn1. The number of benzene rings is 1. The van der Waals surface area contributed by atoms with E-state index in [1.807, 2.05) is 4.90 Å². The van der Waals surface area contributed by atoms with E-state index < -0.39 is 0 Å².